The molecule has 3 atom stereocenters. The average Bonchev–Trinajstić information content (AvgIpc) is 2.09. The van der Waals surface area contributed by atoms with E-state index in [0.29, 0.717) is 6.42 Å². The zero-order valence-electron chi connectivity index (χ0n) is 7.73. The first-order valence-electron chi connectivity index (χ1n) is 4.18. The van der Waals surface area contributed by atoms with Gasteiger partial charge in [-0.15, -0.1) is 0 Å². The lowest BCUT2D eigenvalue weighted by molar-refractivity contribution is -0.242. The van der Waals surface area contributed by atoms with Crippen LogP contribution in [0.5, 0.6) is 0 Å². The zero-order valence-corrected chi connectivity index (χ0v) is 8.54. The third kappa shape index (κ3) is 2.86. The molecular weight excluding hydrogens is 192 g/mol. The molecule has 76 valence electrons. The molecule has 0 aromatic heterocycles. The van der Waals surface area contributed by atoms with Gasteiger partial charge in [0.1, 0.15) is 6.10 Å². The van der Waals surface area contributed by atoms with Crippen molar-refractivity contribution in [3.05, 3.63) is 0 Å². The molecule has 1 heterocycles. The summed E-state index contributed by atoms with van der Waals surface area (Å²) < 4.78 is 9.97. The molecule has 1 unspecified atom stereocenters. The number of thioether (sulfide) groups is 1. The number of aliphatic hydroxyl groups is 1. The summed E-state index contributed by atoms with van der Waals surface area (Å²) in [5, 5.41) is 9.26. The molecule has 1 saturated heterocycles. The Bertz CT molecular complexity index is 185. The monoisotopic (exact) mass is 206 g/mol. The van der Waals surface area contributed by atoms with Gasteiger partial charge < -0.3 is 14.6 Å². The second-order valence-corrected chi connectivity index (χ2v) is 3.92. The minimum absolute atomic E-state index is 0.369. The maximum Gasteiger partial charge on any atom is 0.335 e. The van der Waals surface area contributed by atoms with Gasteiger partial charge in [-0.1, -0.05) is 0 Å². The van der Waals surface area contributed by atoms with Gasteiger partial charge in [-0.2, -0.15) is 11.8 Å². The molecule has 1 aliphatic rings. The van der Waals surface area contributed by atoms with Crippen LogP contribution < -0.4 is 0 Å². The molecule has 0 aromatic carbocycles. The summed E-state index contributed by atoms with van der Waals surface area (Å²) in [5.74, 6) is 0.452. The number of cyclic esters (lactones) is 1. The molecule has 0 spiro atoms. The first-order chi connectivity index (χ1) is 6.15. The molecule has 1 rings (SSSR count). The Balaban J connectivity index is 2.42. The number of esters is 1. The first-order valence-corrected chi connectivity index (χ1v) is 5.57. The standard InChI is InChI=1S/C8H14O4S/c1-5-7(9)12-6(3-4-13-2)8(10)11-5/h5-7,9H,3-4H2,1-2H3/t5-,6+,7?/m0/s1. The van der Waals surface area contributed by atoms with Gasteiger partial charge in [0, 0.05) is 0 Å². The van der Waals surface area contributed by atoms with Crippen LogP contribution in [0.1, 0.15) is 13.3 Å². The minimum Gasteiger partial charge on any atom is -0.455 e. The molecule has 1 aliphatic heterocycles. The van der Waals surface area contributed by atoms with Crippen LogP contribution >= 0.6 is 11.8 Å². The van der Waals surface area contributed by atoms with E-state index in [2.05, 4.69) is 0 Å². The summed E-state index contributed by atoms with van der Waals surface area (Å²) in [5.41, 5.74) is 0. The molecule has 0 aromatic rings. The maximum atomic E-state index is 11.2. The fourth-order valence-corrected chi connectivity index (χ4v) is 1.51. The highest BCUT2D eigenvalue weighted by Crippen LogP contribution is 2.17. The molecule has 13 heavy (non-hydrogen) atoms. The highest BCUT2D eigenvalue weighted by Gasteiger charge is 2.34. The number of ether oxygens (including phenoxy) is 2. The maximum absolute atomic E-state index is 11.2. The third-order valence-corrected chi connectivity index (χ3v) is 2.50. The van der Waals surface area contributed by atoms with E-state index in [9.17, 15) is 9.90 Å². The van der Waals surface area contributed by atoms with Crippen molar-refractivity contribution in [1.82, 2.24) is 0 Å². The summed E-state index contributed by atoms with van der Waals surface area (Å²) >= 11 is 1.63. The van der Waals surface area contributed by atoms with Crippen LogP contribution in [-0.4, -0.2) is 41.6 Å². The van der Waals surface area contributed by atoms with E-state index in [1.165, 1.54) is 0 Å². The van der Waals surface area contributed by atoms with E-state index in [4.69, 9.17) is 9.47 Å². The van der Waals surface area contributed by atoms with Crippen LogP contribution in [0.25, 0.3) is 0 Å². The normalized spacial score (nSPS) is 34.4. The predicted molar refractivity (Wildman–Crippen MR) is 49.4 cm³/mol. The number of rotatable bonds is 3. The lowest BCUT2D eigenvalue weighted by Gasteiger charge is -2.30. The molecule has 0 amide bonds. The van der Waals surface area contributed by atoms with E-state index in [0.717, 1.165) is 5.75 Å². The summed E-state index contributed by atoms with van der Waals surface area (Å²) in [6.07, 6.45) is 0.401. The SMILES string of the molecule is CSCC[C@H]1OC(O)[C@H](C)OC1=O. The molecule has 0 saturated carbocycles. The fraction of sp³-hybridized carbons (Fsp3) is 0.875. The Hall–Kier alpha value is -0.260. The van der Waals surface area contributed by atoms with Gasteiger partial charge in [0.05, 0.1) is 0 Å². The number of carbonyl (C=O) groups excluding carboxylic acids is 1. The van der Waals surface area contributed by atoms with Crippen molar-refractivity contribution in [2.24, 2.45) is 0 Å². The van der Waals surface area contributed by atoms with Crippen molar-refractivity contribution >= 4 is 17.7 Å². The molecule has 5 heteroatoms. The largest absolute Gasteiger partial charge is 0.455 e. The molecule has 0 bridgehead atoms. The topological polar surface area (TPSA) is 55.8 Å². The van der Waals surface area contributed by atoms with Crippen molar-refractivity contribution in [3.8, 4) is 0 Å². The smallest absolute Gasteiger partial charge is 0.335 e. The number of hydrogen-bond donors (Lipinski definition) is 1. The van der Waals surface area contributed by atoms with Gasteiger partial charge >= 0.3 is 5.97 Å². The third-order valence-electron chi connectivity index (χ3n) is 1.85. The quantitative estimate of drug-likeness (QED) is 0.677. The predicted octanol–water partition coefficient (Wildman–Crippen LogP) is 0.388. The first kappa shape index (κ1) is 10.8. The van der Waals surface area contributed by atoms with Crippen LogP contribution in [-0.2, 0) is 14.3 Å². The second kappa shape index (κ2) is 4.83. The molecule has 1 N–H and O–H groups in total. The Morgan fingerprint density at radius 2 is 2.31 bits per heavy atom. The van der Waals surface area contributed by atoms with Crippen LogP contribution in [0.2, 0.25) is 0 Å². The van der Waals surface area contributed by atoms with Gasteiger partial charge in [-0.25, -0.2) is 4.79 Å². The van der Waals surface area contributed by atoms with Crippen molar-refractivity contribution in [2.45, 2.75) is 31.8 Å². The lowest BCUT2D eigenvalue weighted by Crippen LogP contribution is -2.45. The second-order valence-electron chi connectivity index (χ2n) is 2.94. The number of hydrogen-bond acceptors (Lipinski definition) is 5. The van der Waals surface area contributed by atoms with E-state index >= 15 is 0 Å². The minimum atomic E-state index is -0.982. The van der Waals surface area contributed by atoms with Crippen LogP contribution in [0.4, 0.5) is 0 Å². The zero-order chi connectivity index (χ0) is 9.84. The van der Waals surface area contributed by atoms with Crippen molar-refractivity contribution in [3.63, 3.8) is 0 Å². The Labute approximate surface area is 81.6 Å². The highest BCUT2D eigenvalue weighted by atomic mass is 32.2. The van der Waals surface area contributed by atoms with Gasteiger partial charge in [-0.05, 0) is 25.4 Å². The van der Waals surface area contributed by atoms with Crippen LogP contribution in [0.15, 0.2) is 0 Å². The summed E-state index contributed by atoms with van der Waals surface area (Å²) in [7, 11) is 0. The van der Waals surface area contributed by atoms with Crippen molar-refractivity contribution in [2.75, 3.05) is 12.0 Å². The number of carbonyl (C=O) groups is 1. The fourth-order valence-electron chi connectivity index (χ4n) is 1.06. The molecule has 0 aliphatic carbocycles. The van der Waals surface area contributed by atoms with Gasteiger partial charge in [0.2, 0.25) is 0 Å². The van der Waals surface area contributed by atoms with Gasteiger partial charge in [0.15, 0.2) is 12.4 Å². The van der Waals surface area contributed by atoms with E-state index in [1.807, 2.05) is 6.26 Å². The summed E-state index contributed by atoms with van der Waals surface area (Å²) in [6.45, 7) is 1.60. The lowest BCUT2D eigenvalue weighted by atomic mass is 10.2. The van der Waals surface area contributed by atoms with Gasteiger partial charge in [0.25, 0.3) is 0 Å². The Kier molecular flexibility index (Phi) is 4.02. The molecule has 1 fully saturated rings. The van der Waals surface area contributed by atoms with E-state index in [-0.39, 0.29) is 5.97 Å². The van der Waals surface area contributed by atoms with E-state index in [1.54, 1.807) is 18.7 Å². The van der Waals surface area contributed by atoms with E-state index < -0.39 is 18.5 Å². The summed E-state index contributed by atoms with van der Waals surface area (Å²) in [4.78, 5) is 11.2. The Morgan fingerprint density at radius 1 is 1.62 bits per heavy atom. The van der Waals surface area contributed by atoms with Crippen molar-refractivity contribution in [1.29, 1.82) is 0 Å². The van der Waals surface area contributed by atoms with Crippen LogP contribution in [0.3, 0.4) is 0 Å². The molecule has 4 nitrogen and oxygen atoms in total. The highest BCUT2D eigenvalue weighted by molar-refractivity contribution is 7.98. The number of aliphatic hydroxyl groups excluding tert-OH is 1. The van der Waals surface area contributed by atoms with Gasteiger partial charge in [-0.3, -0.25) is 0 Å². The summed E-state index contributed by atoms with van der Waals surface area (Å²) in [6, 6.07) is 0. The molecule has 0 radical (unpaired) electrons. The average molecular weight is 206 g/mol. The van der Waals surface area contributed by atoms with Crippen LogP contribution in [0, 0.1) is 0 Å². The van der Waals surface area contributed by atoms with Crippen molar-refractivity contribution < 1.29 is 19.4 Å². The Morgan fingerprint density at radius 3 is 2.92 bits per heavy atom. The molecular formula is C8H14O4S.